The van der Waals surface area contributed by atoms with Gasteiger partial charge >= 0.3 is 0 Å². The van der Waals surface area contributed by atoms with Gasteiger partial charge in [-0.25, -0.2) is 0 Å². The van der Waals surface area contributed by atoms with Gasteiger partial charge in [0.15, 0.2) is 0 Å². The molecule has 0 aliphatic carbocycles. The van der Waals surface area contributed by atoms with Crippen molar-refractivity contribution in [3.05, 3.63) is 56.5 Å². The number of rotatable bonds is 3. The molecule has 19 heavy (non-hydrogen) atoms. The summed E-state index contributed by atoms with van der Waals surface area (Å²) in [6, 6.07) is 11.4. The van der Waals surface area contributed by atoms with Gasteiger partial charge in [-0.1, -0.05) is 44.1 Å². The van der Waals surface area contributed by atoms with E-state index in [2.05, 4.69) is 31.9 Å². The predicted octanol–water partition coefficient (Wildman–Crippen LogP) is 4.95. The van der Waals surface area contributed by atoms with Gasteiger partial charge in [-0.05, 0) is 48.9 Å². The highest BCUT2D eigenvalue weighted by Crippen LogP contribution is 2.31. The number of ether oxygens (including phenoxy) is 1. The van der Waals surface area contributed by atoms with Crippen LogP contribution in [-0.2, 0) is 0 Å². The molecule has 0 aromatic heterocycles. The number of aryl methyl sites for hydroxylation is 1. The van der Waals surface area contributed by atoms with E-state index in [1.54, 1.807) is 0 Å². The molecule has 0 bridgehead atoms. The molecule has 5 heteroatoms. The van der Waals surface area contributed by atoms with Crippen molar-refractivity contribution in [2.75, 3.05) is 0 Å². The molecule has 2 aromatic rings. The van der Waals surface area contributed by atoms with Gasteiger partial charge in [0.1, 0.15) is 16.5 Å². The first-order chi connectivity index (χ1) is 8.97. The molecule has 0 aliphatic heterocycles. The Morgan fingerprint density at radius 2 is 1.63 bits per heavy atom. The lowest BCUT2D eigenvalue weighted by atomic mass is 10.2. The van der Waals surface area contributed by atoms with Crippen molar-refractivity contribution >= 4 is 49.1 Å². The molecule has 0 saturated carbocycles. The maximum absolute atomic E-state index is 5.90. The predicted molar refractivity (Wildman–Crippen MR) is 89.0 cm³/mol. The second-order valence-electron chi connectivity index (χ2n) is 4.02. The van der Waals surface area contributed by atoms with Gasteiger partial charge in [0.2, 0.25) is 0 Å². The Balaban J connectivity index is 2.40. The zero-order valence-electron chi connectivity index (χ0n) is 10.1. The third-order valence-corrected chi connectivity index (χ3v) is 3.77. The summed E-state index contributed by atoms with van der Waals surface area (Å²) < 4.78 is 7.83. The fourth-order valence-corrected chi connectivity index (χ4v) is 2.63. The molecule has 0 radical (unpaired) electrons. The molecule has 0 saturated heterocycles. The summed E-state index contributed by atoms with van der Waals surface area (Å²) >= 11 is 11.9. The van der Waals surface area contributed by atoms with Crippen molar-refractivity contribution in [3.63, 3.8) is 0 Å². The smallest absolute Gasteiger partial charge is 0.137 e. The average molecular weight is 401 g/mol. The van der Waals surface area contributed by atoms with Crippen molar-refractivity contribution < 1.29 is 4.74 Å². The molecule has 0 amide bonds. The number of hydrogen-bond acceptors (Lipinski definition) is 2. The molecule has 2 rings (SSSR count). The van der Waals surface area contributed by atoms with Crippen LogP contribution in [0, 0.1) is 6.92 Å². The lowest BCUT2D eigenvalue weighted by Crippen LogP contribution is -2.10. The normalized spacial score (nSPS) is 10.3. The minimum absolute atomic E-state index is 0.311. The molecule has 0 heterocycles. The van der Waals surface area contributed by atoms with E-state index >= 15 is 0 Å². The first-order valence-corrected chi connectivity index (χ1v) is 7.50. The summed E-state index contributed by atoms with van der Waals surface area (Å²) in [4.78, 5) is 0.311. The van der Waals surface area contributed by atoms with E-state index in [0.29, 0.717) is 16.3 Å². The molecule has 98 valence electrons. The number of hydrogen-bond donors (Lipinski definition) is 1. The van der Waals surface area contributed by atoms with E-state index in [0.717, 1.165) is 20.3 Å². The highest BCUT2D eigenvalue weighted by atomic mass is 79.9. The number of benzene rings is 2. The Morgan fingerprint density at radius 3 is 2.21 bits per heavy atom. The summed E-state index contributed by atoms with van der Waals surface area (Å²) in [5, 5.41) is 0. The number of halogens is 2. The molecule has 0 unspecified atom stereocenters. The second kappa shape index (κ2) is 6.03. The van der Waals surface area contributed by atoms with Crippen LogP contribution >= 0.6 is 44.1 Å². The Morgan fingerprint density at radius 1 is 1.05 bits per heavy atom. The van der Waals surface area contributed by atoms with E-state index in [1.807, 2.05) is 43.3 Å². The van der Waals surface area contributed by atoms with Gasteiger partial charge in [-0.3, -0.25) is 0 Å². The van der Waals surface area contributed by atoms with Gasteiger partial charge in [0, 0.05) is 8.95 Å². The standard InChI is InChI=1S/C14H11Br2NOS/c1-8-6-9(15)2-4-12(8)18-13-5-3-10(16)7-11(13)14(17)19/h2-7H,1H3,(H2,17,19). The highest BCUT2D eigenvalue weighted by molar-refractivity contribution is 9.10. The zero-order chi connectivity index (χ0) is 14.0. The maximum Gasteiger partial charge on any atom is 0.137 e. The first-order valence-electron chi connectivity index (χ1n) is 5.51. The van der Waals surface area contributed by atoms with Gasteiger partial charge in [0.05, 0.1) is 5.56 Å². The van der Waals surface area contributed by atoms with Crippen LogP contribution in [-0.4, -0.2) is 4.99 Å². The van der Waals surface area contributed by atoms with E-state index in [4.69, 9.17) is 22.7 Å². The molecule has 0 spiro atoms. The number of thiocarbonyl (C=S) groups is 1. The fraction of sp³-hybridized carbons (Fsp3) is 0.0714. The van der Waals surface area contributed by atoms with Crippen LogP contribution in [0.15, 0.2) is 45.3 Å². The van der Waals surface area contributed by atoms with Gasteiger partial charge in [0.25, 0.3) is 0 Å². The Labute approximate surface area is 134 Å². The molecular formula is C14H11Br2NOS. The minimum atomic E-state index is 0.311. The lowest BCUT2D eigenvalue weighted by molar-refractivity contribution is 0.478. The van der Waals surface area contributed by atoms with Crippen LogP contribution in [0.4, 0.5) is 0 Å². The Hall–Kier alpha value is -0.910. The summed E-state index contributed by atoms with van der Waals surface area (Å²) in [5.41, 5.74) is 7.47. The third-order valence-electron chi connectivity index (χ3n) is 2.56. The zero-order valence-corrected chi connectivity index (χ0v) is 14.1. The minimum Gasteiger partial charge on any atom is -0.456 e. The molecule has 2 nitrogen and oxygen atoms in total. The van der Waals surface area contributed by atoms with E-state index in [-0.39, 0.29) is 0 Å². The highest BCUT2D eigenvalue weighted by Gasteiger charge is 2.10. The molecule has 0 fully saturated rings. The summed E-state index contributed by atoms with van der Waals surface area (Å²) in [7, 11) is 0. The van der Waals surface area contributed by atoms with Gasteiger partial charge in [-0.15, -0.1) is 0 Å². The summed E-state index contributed by atoms with van der Waals surface area (Å²) in [6.45, 7) is 1.99. The van der Waals surface area contributed by atoms with Crippen LogP contribution in [0.25, 0.3) is 0 Å². The molecule has 2 N–H and O–H groups in total. The molecule has 0 atom stereocenters. The van der Waals surface area contributed by atoms with Crippen molar-refractivity contribution in [2.45, 2.75) is 6.92 Å². The monoisotopic (exact) mass is 399 g/mol. The molecule has 2 aromatic carbocycles. The fourth-order valence-electron chi connectivity index (χ4n) is 1.63. The van der Waals surface area contributed by atoms with Crippen molar-refractivity contribution in [2.24, 2.45) is 5.73 Å². The van der Waals surface area contributed by atoms with E-state index in [1.165, 1.54) is 0 Å². The van der Waals surface area contributed by atoms with Crippen molar-refractivity contribution in [1.29, 1.82) is 0 Å². The number of nitrogens with two attached hydrogens (primary N) is 1. The van der Waals surface area contributed by atoms with Crippen LogP contribution in [0.2, 0.25) is 0 Å². The van der Waals surface area contributed by atoms with Crippen LogP contribution < -0.4 is 10.5 Å². The largest absolute Gasteiger partial charge is 0.456 e. The van der Waals surface area contributed by atoms with Crippen LogP contribution in [0.3, 0.4) is 0 Å². The topological polar surface area (TPSA) is 35.2 Å². The SMILES string of the molecule is Cc1cc(Br)ccc1Oc1ccc(Br)cc1C(N)=S. The second-order valence-corrected chi connectivity index (χ2v) is 6.29. The summed E-state index contributed by atoms with van der Waals surface area (Å²) in [6.07, 6.45) is 0. The Kier molecular flexibility index (Phi) is 4.60. The molecular weight excluding hydrogens is 390 g/mol. The molecule has 0 aliphatic rings. The van der Waals surface area contributed by atoms with Gasteiger partial charge in [-0.2, -0.15) is 0 Å². The van der Waals surface area contributed by atoms with E-state index in [9.17, 15) is 0 Å². The van der Waals surface area contributed by atoms with Crippen molar-refractivity contribution in [3.8, 4) is 11.5 Å². The average Bonchev–Trinajstić information content (AvgIpc) is 2.34. The van der Waals surface area contributed by atoms with Crippen molar-refractivity contribution in [1.82, 2.24) is 0 Å². The Bertz CT molecular complexity index is 643. The third kappa shape index (κ3) is 3.55. The first kappa shape index (κ1) is 14.5. The summed E-state index contributed by atoms with van der Waals surface area (Å²) in [5.74, 6) is 1.43. The van der Waals surface area contributed by atoms with Crippen LogP contribution in [0.5, 0.6) is 11.5 Å². The van der Waals surface area contributed by atoms with E-state index < -0.39 is 0 Å². The quantitative estimate of drug-likeness (QED) is 0.740. The van der Waals surface area contributed by atoms with Crippen LogP contribution in [0.1, 0.15) is 11.1 Å². The maximum atomic E-state index is 5.90. The lowest BCUT2D eigenvalue weighted by Gasteiger charge is -2.12. The van der Waals surface area contributed by atoms with Gasteiger partial charge < -0.3 is 10.5 Å².